The molecule has 0 aliphatic carbocycles. The third-order valence-electron chi connectivity index (χ3n) is 9.80. The van der Waals surface area contributed by atoms with Gasteiger partial charge in [0.15, 0.2) is 5.84 Å². The molecule has 49 heavy (non-hydrogen) atoms. The van der Waals surface area contributed by atoms with Crippen LogP contribution in [0.15, 0.2) is 180 Å². The summed E-state index contributed by atoms with van der Waals surface area (Å²) in [5, 5.41) is 13.3. The van der Waals surface area contributed by atoms with Gasteiger partial charge in [0.05, 0.1) is 16.7 Å². The molecule has 1 aromatic heterocycles. The van der Waals surface area contributed by atoms with Gasteiger partial charge in [0.25, 0.3) is 0 Å². The highest BCUT2D eigenvalue weighted by Gasteiger charge is 2.23. The van der Waals surface area contributed by atoms with E-state index in [1.165, 1.54) is 43.4 Å². The zero-order valence-electron chi connectivity index (χ0n) is 26.6. The Balaban J connectivity index is 1.20. The van der Waals surface area contributed by atoms with Gasteiger partial charge in [-0.25, -0.2) is 9.98 Å². The molecule has 1 aliphatic heterocycles. The van der Waals surface area contributed by atoms with Crippen LogP contribution in [0.25, 0.3) is 59.8 Å². The van der Waals surface area contributed by atoms with Crippen LogP contribution >= 0.6 is 0 Å². The van der Waals surface area contributed by atoms with Crippen LogP contribution in [0.4, 0.5) is 0 Å². The fourth-order valence-corrected chi connectivity index (χ4v) is 7.46. The molecule has 1 aliphatic rings. The molecule has 1 atom stereocenters. The van der Waals surface area contributed by atoms with E-state index in [4.69, 9.17) is 9.98 Å². The van der Waals surface area contributed by atoms with E-state index in [0.717, 1.165) is 39.0 Å². The number of benzene rings is 8. The maximum Gasteiger partial charge on any atom is 0.159 e. The molecule has 0 fully saturated rings. The molecule has 10 rings (SSSR count). The largest absolute Gasteiger partial charge is 0.344 e. The summed E-state index contributed by atoms with van der Waals surface area (Å²) in [6, 6.07) is 60.5. The monoisotopic (exact) mass is 626 g/mol. The normalized spacial score (nSPS) is 14.7. The Morgan fingerprint density at radius 3 is 2.00 bits per heavy atom. The van der Waals surface area contributed by atoms with Crippen molar-refractivity contribution in [2.45, 2.75) is 6.17 Å². The average Bonchev–Trinajstić information content (AvgIpc) is 3.49. The number of aromatic nitrogens is 1. The summed E-state index contributed by atoms with van der Waals surface area (Å²) in [6.45, 7) is 0. The van der Waals surface area contributed by atoms with Crippen LogP contribution in [0.2, 0.25) is 0 Å². The second-order valence-electron chi connectivity index (χ2n) is 12.7. The lowest BCUT2D eigenvalue weighted by Gasteiger charge is -2.24. The molecule has 4 heteroatoms. The third kappa shape index (κ3) is 4.53. The molecule has 4 nitrogen and oxygen atoms in total. The van der Waals surface area contributed by atoms with Crippen LogP contribution in [-0.2, 0) is 0 Å². The molecule has 0 bridgehead atoms. The fraction of sp³-hybridized carbons (Fsp3) is 0.0222. The minimum Gasteiger partial charge on any atom is -0.344 e. The van der Waals surface area contributed by atoms with Crippen molar-refractivity contribution < 1.29 is 0 Å². The number of nitrogens with zero attached hydrogens (tertiary/aromatic N) is 3. The summed E-state index contributed by atoms with van der Waals surface area (Å²) in [5.74, 6) is 1.53. The van der Waals surface area contributed by atoms with Crippen LogP contribution < -0.4 is 5.32 Å². The molecule has 0 saturated heterocycles. The van der Waals surface area contributed by atoms with Crippen molar-refractivity contribution in [1.82, 2.24) is 9.88 Å². The fourth-order valence-electron chi connectivity index (χ4n) is 7.46. The van der Waals surface area contributed by atoms with E-state index >= 15 is 0 Å². The molecule has 2 heterocycles. The second kappa shape index (κ2) is 11.0. The number of nitrogens with one attached hydrogen (secondary N) is 1. The molecule has 0 amide bonds. The summed E-state index contributed by atoms with van der Waals surface area (Å²) in [4.78, 5) is 10.5. The van der Waals surface area contributed by atoms with Crippen LogP contribution in [0, 0.1) is 0 Å². The SMILES string of the molecule is c1ccc(C2N=C(c3ccc4cccc(-n5c6ccccc6c6cc7ccccc7cc65)c4c3)N=C(c3cccc4ccccc34)N2)cc1. The minimum absolute atomic E-state index is 0.278. The average molecular weight is 627 g/mol. The Morgan fingerprint density at radius 2 is 1.14 bits per heavy atom. The van der Waals surface area contributed by atoms with Crippen LogP contribution in [0.1, 0.15) is 22.9 Å². The maximum absolute atomic E-state index is 5.23. The zero-order chi connectivity index (χ0) is 32.3. The molecule has 1 N–H and O–H groups in total. The minimum atomic E-state index is -0.278. The summed E-state index contributed by atoms with van der Waals surface area (Å²) < 4.78 is 2.42. The molecule has 0 radical (unpaired) electrons. The van der Waals surface area contributed by atoms with Crippen LogP contribution in [0.3, 0.4) is 0 Å². The van der Waals surface area contributed by atoms with Crippen molar-refractivity contribution in [3.8, 4) is 5.69 Å². The number of hydrogen-bond donors (Lipinski definition) is 1. The van der Waals surface area contributed by atoms with E-state index in [2.05, 4.69) is 174 Å². The Kier molecular flexibility index (Phi) is 6.21. The van der Waals surface area contributed by atoms with Crippen molar-refractivity contribution in [2.75, 3.05) is 0 Å². The Hall–Kier alpha value is -6.52. The van der Waals surface area contributed by atoms with Crippen LogP contribution in [0.5, 0.6) is 0 Å². The first kappa shape index (κ1) is 27.6. The highest BCUT2D eigenvalue weighted by atomic mass is 15.2. The van der Waals surface area contributed by atoms with Gasteiger partial charge in [0.2, 0.25) is 0 Å². The highest BCUT2D eigenvalue weighted by molar-refractivity contribution is 6.19. The predicted molar refractivity (Wildman–Crippen MR) is 205 cm³/mol. The molecule has 9 aromatic rings. The smallest absolute Gasteiger partial charge is 0.159 e. The van der Waals surface area contributed by atoms with Gasteiger partial charge in [0, 0.05) is 27.3 Å². The number of hydrogen-bond acceptors (Lipinski definition) is 3. The quantitative estimate of drug-likeness (QED) is 0.207. The number of para-hydroxylation sites is 1. The standard InChI is InChI=1S/C45H30N4/c1-2-13-31(14-3-1)43-46-44(48-45(47-43)37-21-10-17-29-12-6-7-19-35(29)37)34-25-24-30-18-11-23-41(38(30)27-34)49-40-22-9-8-20-36(40)39-26-32-15-4-5-16-33(32)28-42(39)49/h1-28,43H,(H,46,47,48). The number of amidine groups is 2. The van der Waals surface area contributed by atoms with Gasteiger partial charge in [0.1, 0.15) is 12.0 Å². The molecule has 1 unspecified atom stereocenters. The van der Waals surface area contributed by atoms with E-state index in [-0.39, 0.29) is 6.17 Å². The van der Waals surface area contributed by atoms with E-state index in [1.54, 1.807) is 0 Å². The first-order valence-corrected chi connectivity index (χ1v) is 16.7. The Labute approximate surface area is 283 Å². The molecule has 0 saturated carbocycles. The van der Waals surface area contributed by atoms with Crippen molar-refractivity contribution in [2.24, 2.45) is 9.98 Å². The van der Waals surface area contributed by atoms with E-state index in [0.29, 0.717) is 5.84 Å². The maximum atomic E-state index is 5.23. The summed E-state index contributed by atoms with van der Waals surface area (Å²) in [5.41, 5.74) is 6.64. The van der Waals surface area contributed by atoms with Crippen molar-refractivity contribution in [1.29, 1.82) is 0 Å². The third-order valence-corrected chi connectivity index (χ3v) is 9.80. The first-order valence-electron chi connectivity index (χ1n) is 16.7. The van der Waals surface area contributed by atoms with Gasteiger partial charge in [-0.1, -0.05) is 140 Å². The van der Waals surface area contributed by atoms with E-state index in [9.17, 15) is 0 Å². The second-order valence-corrected chi connectivity index (χ2v) is 12.7. The van der Waals surface area contributed by atoms with E-state index < -0.39 is 0 Å². The van der Waals surface area contributed by atoms with Gasteiger partial charge < -0.3 is 9.88 Å². The predicted octanol–water partition coefficient (Wildman–Crippen LogP) is 10.7. The van der Waals surface area contributed by atoms with Crippen molar-refractivity contribution >= 4 is 65.8 Å². The lowest BCUT2D eigenvalue weighted by atomic mass is 10.0. The molecule has 0 spiro atoms. The van der Waals surface area contributed by atoms with Gasteiger partial charge in [-0.3, -0.25) is 0 Å². The lowest BCUT2D eigenvalue weighted by molar-refractivity contribution is 0.674. The number of fused-ring (bicyclic) bond motifs is 6. The Morgan fingerprint density at radius 1 is 0.469 bits per heavy atom. The highest BCUT2D eigenvalue weighted by Crippen LogP contribution is 2.37. The Bertz CT molecular complexity index is 2800. The molecular weight excluding hydrogens is 597 g/mol. The molecule has 8 aromatic carbocycles. The summed E-state index contributed by atoms with van der Waals surface area (Å²) in [7, 11) is 0. The first-order chi connectivity index (χ1) is 24.3. The van der Waals surface area contributed by atoms with Gasteiger partial charge in [-0.2, -0.15) is 0 Å². The van der Waals surface area contributed by atoms with Crippen LogP contribution in [-0.4, -0.2) is 16.2 Å². The molecular formula is C45H30N4. The van der Waals surface area contributed by atoms with E-state index in [1.807, 2.05) is 6.07 Å². The zero-order valence-corrected chi connectivity index (χ0v) is 26.6. The molecule has 230 valence electrons. The van der Waals surface area contributed by atoms with Crippen molar-refractivity contribution in [3.63, 3.8) is 0 Å². The topological polar surface area (TPSA) is 41.7 Å². The summed E-state index contributed by atoms with van der Waals surface area (Å²) in [6.07, 6.45) is -0.278. The van der Waals surface area contributed by atoms with Gasteiger partial charge in [-0.05, 0) is 62.8 Å². The van der Waals surface area contributed by atoms with Gasteiger partial charge >= 0.3 is 0 Å². The number of aliphatic imine (C=N–C) groups is 2. The lowest BCUT2D eigenvalue weighted by Crippen LogP contribution is -2.33. The number of rotatable bonds is 4. The van der Waals surface area contributed by atoms with Crippen molar-refractivity contribution in [3.05, 3.63) is 187 Å². The summed E-state index contributed by atoms with van der Waals surface area (Å²) >= 11 is 0. The van der Waals surface area contributed by atoms with Gasteiger partial charge in [-0.15, -0.1) is 0 Å².